The summed E-state index contributed by atoms with van der Waals surface area (Å²) in [4.78, 5) is 13.0. The fourth-order valence-corrected chi connectivity index (χ4v) is 9.94. The highest BCUT2D eigenvalue weighted by molar-refractivity contribution is 5.76. The Bertz CT molecular complexity index is 1150. The first-order chi connectivity index (χ1) is 34.3. The third kappa shape index (κ3) is 40.1. The van der Waals surface area contributed by atoms with Crippen LogP contribution in [0, 0.1) is 0 Å². The molecule has 0 aliphatic carbocycles. The predicted octanol–water partition coefficient (Wildman–Crippen LogP) is 15.4. The average Bonchev–Trinajstić information content (AvgIpc) is 3.36. The van der Waals surface area contributed by atoms with Crippen molar-refractivity contribution in [3.63, 3.8) is 0 Å². The van der Waals surface area contributed by atoms with Gasteiger partial charge in [-0.15, -0.1) is 0 Å². The van der Waals surface area contributed by atoms with Crippen molar-refractivity contribution in [2.24, 2.45) is 0 Å². The monoisotopic (exact) mass is 992 g/mol. The molecule has 0 saturated carbocycles. The van der Waals surface area contributed by atoms with Crippen molar-refractivity contribution in [1.29, 1.82) is 0 Å². The molecule has 1 amide bonds. The maximum atomic E-state index is 13.0. The SMILES string of the molecule is CCCCCCCCCCCCCCCCCCCCCCCCCC/C=C/CC/C=C/C(O)C(COC1OC(CO)C(O)C(O)C1O)NC(=O)CCCCCCCCCCCCCCCCCCC. The number of rotatable bonds is 53. The number of hydrogen-bond acceptors (Lipinski definition) is 8. The highest BCUT2D eigenvalue weighted by Crippen LogP contribution is 2.23. The second kappa shape index (κ2) is 51.2. The van der Waals surface area contributed by atoms with E-state index in [0.29, 0.717) is 6.42 Å². The van der Waals surface area contributed by atoms with Gasteiger partial charge in [0.25, 0.3) is 0 Å². The summed E-state index contributed by atoms with van der Waals surface area (Å²) in [5.41, 5.74) is 0. The Balaban J connectivity index is 2.18. The Morgan fingerprint density at radius 1 is 0.471 bits per heavy atom. The van der Waals surface area contributed by atoms with Crippen molar-refractivity contribution in [2.45, 2.75) is 346 Å². The van der Waals surface area contributed by atoms with Crippen LogP contribution in [0.1, 0.15) is 303 Å². The maximum Gasteiger partial charge on any atom is 0.220 e. The lowest BCUT2D eigenvalue weighted by Crippen LogP contribution is -2.60. The number of ether oxygens (including phenoxy) is 2. The van der Waals surface area contributed by atoms with E-state index in [4.69, 9.17) is 9.47 Å². The van der Waals surface area contributed by atoms with Gasteiger partial charge in [-0.25, -0.2) is 0 Å². The van der Waals surface area contributed by atoms with Gasteiger partial charge in [-0.1, -0.05) is 289 Å². The molecule has 7 atom stereocenters. The van der Waals surface area contributed by atoms with Gasteiger partial charge >= 0.3 is 0 Å². The summed E-state index contributed by atoms with van der Waals surface area (Å²) in [6.07, 6.45) is 58.4. The maximum absolute atomic E-state index is 13.0. The molecule has 0 radical (unpaired) electrons. The standard InChI is InChI=1S/C61H117NO8/c1-3-5-7-9-11-13-15-17-19-21-22-23-24-25-26-27-28-29-30-31-32-33-35-36-38-40-42-44-46-48-50-55(64)54(53-69-61-60(68)59(67)58(66)56(52-63)70-61)62-57(65)51-49-47-45-43-41-39-37-34-20-18-16-14-12-10-8-6-4-2/h40,42,48,50,54-56,58-61,63-64,66-68H,3-39,41,43-47,49,51-53H2,1-2H3,(H,62,65)/b42-40+,50-48+. The number of allylic oxidation sites excluding steroid dienone is 3. The Morgan fingerprint density at radius 2 is 0.814 bits per heavy atom. The molecule has 1 saturated heterocycles. The van der Waals surface area contributed by atoms with Crippen LogP contribution in [-0.2, 0) is 14.3 Å². The van der Waals surface area contributed by atoms with Gasteiger partial charge < -0.3 is 40.3 Å². The molecular formula is C61H117NO8. The number of carbonyl (C=O) groups excluding carboxylic acids is 1. The number of nitrogens with one attached hydrogen (secondary N) is 1. The van der Waals surface area contributed by atoms with Crippen LogP contribution >= 0.6 is 0 Å². The lowest BCUT2D eigenvalue weighted by molar-refractivity contribution is -0.302. The number of aliphatic hydroxyl groups is 5. The third-order valence-electron chi connectivity index (χ3n) is 14.8. The zero-order valence-corrected chi connectivity index (χ0v) is 46.0. The minimum absolute atomic E-state index is 0.181. The molecule has 1 heterocycles. The summed E-state index contributed by atoms with van der Waals surface area (Å²) in [7, 11) is 0. The molecule has 1 aliphatic heterocycles. The van der Waals surface area contributed by atoms with E-state index >= 15 is 0 Å². The number of carbonyl (C=O) groups is 1. The fraction of sp³-hybridized carbons (Fsp3) is 0.918. The molecule has 9 nitrogen and oxygen atoms in total. The van der Waals surface area contributed by atoms with Crippen LogP contribution in [0.4, 0.5) is 0 Å². The van der Waals surface area contributed by atoms with Gasteiger partial charge in [-0.3, -0.25) is 4.79 Å². The molecule has 7 unspecified atom stereocenters. The Labute approximate surface area is 432 Å². The van der Waals surface area contributed by atoms with E-state index in [-0.39, 0.29) is 12.5 Å². The topological polar surface area (TPSA) is 149 Å². The lowest BCUT2D eigenvalue weighted by atomic mass is 9.99. The Hall–Kier alpha value is -1.33. The van der Waals surface area contributed by atoms with Gasteiger partial charge in [0.05, 0.1) is 25.4 Å². The Morgan fingerprint density at radius 3 is 1.20 bits per heavy atom. The lowest BCUT2D eigenvalue weighted by Gasteiger charge is -2.40. The Kier molecular flexibility index (Phi) is 48.7. The number of aliphatic hydroxyl groups excluding tert-OH is 5. The van der Waals surface area contributed by atoms with E-state index in [1.54, 1.807) is 6.08 Å². The predicted molar refractivity (Wildman–Crippen MR) is 295 cm³/mol. The minimum Gasteiger partial charge on any atom is -0.394 e. The van der Waals surface area contributed by atoms with Crippen molar-refractivity contribution in [1.82, 2.24) is 5.32 Å². The van der Waals surface area contributed by atoms with Crippen LogP contribution in [0.5, 0.6) is 0 Å². The summed E-state index contributed by atoms with van der Waals surface area (Å²) in [6, 6.07) is -0.818. The average molecular weight is 993 g/mol. The van der Waals surface area contributed by atoms with Crippen molar-refractivity contribution < 1.29 is 39.8 Å². The van der Waals surface area contributed by atoms with Crippen molar-refractivity contribution in [3.8, 4) is 0 Å². The second-order valence-electron chi connectivity index (χ2n) is 21.5. The quantitative estimate of drug-likeness (QED) is 0.0261. The second-order valence-corrected chi connectivity index (χ2v) is 21.5. The van der Waals surface area contributed by atoms with Crippen LogP contribution in [0.3, 0.4) is 0 Å². The first-order valence-corrected chi connectivity index (χ1v) is 30.6. The largest absolute Gasteiger partial charge is 0.394 e. The smallest absolute Gasteiger partial charge is 0.220 e. The number of unbranched alkanes of at least 4 members (excludes halogenated alkanes) is 41. The first-order valence-electron chi connectivity index (χ1n) is 30.6. The normalized spacial score (nSPS) is 19.4. The highest BCUT2D eigenvalue weighted by atomic mass is 16.7. The van der Waals surface area contributed by atoms with Gasteiger partial charge in [0.2, 0.25) is 5.91 Å². The van der Waals surface area contributed by atoms with Gasteiger partial charge in [-0.05, 0) is 32.1 Å². The zero-order chi connectivity index (χ0) is 50.8. The van der Waals surface area contributed by atoms with E-state index in [2.05, 4.69) is 31.3 Å². The summed E-state index contributed by atoms with van der Waals surface area (Å²) in [5, 5.41) is 54.5. The highest BCUT2D eigenvalue weighted by Gasteiger charge is 2.44. The molecule has 0 aromatic heterocycles. The van der Waals surface area contributed by atoms with Gasteiger partial charge in [0.15, 0.2) is 6.29 Å². The summed E-state index contributed by atoms with van der Waals surface area (Å²) >= 11 is 0. The van der Waals surface area contributed by atoms with Crippen molar-refractivity contribution in [2.75, 3.05) is 13.2 Å². The van der Waals surface area contributed by atoms with Crippen LogP contribution in [-0.4, -0.2) is 87.5 Å². The van der Waals surface area contributed by atoms with Crippen LogP contribution < -0.4 is 5.32 Å². The molecular weight excluding hydrogens is 875 g/mol. The summed E-state index contributed by atoms with van der Waals surface area (Å²) in [5.74, 6) is -0.181. The minimum atomic E-state index is -1.57. The van der Waals surface area contributed by atoms with E-state index in [1.807, 2.05) is 6.08 Å². The van der Waals surface area contributed by atoms with Crippen LogP contribution in [0.25, 0.3) is 0 Å². The first kappa shape index (κ1) is 66.7. The van der Waals surface area contributed by atoms with E-state index < -0.39 is 49.5 Å². The van der Waals surface area contributed by atoms with Crippen molar-refractivity contribution in [3.05, 3.63) is 24.3 Å². The van der Waals surface area contributed by atoms with Gasteiger partial charge in [0, 0.05) is 6.42 Å². The molecule has 70 heavy (non-hydrogen) atoms. The van der Waals surface area contributed by atoms with Crippen molar-refractivity contribution >= 4 is 5.91 Å². The van der Waals surface area contributed by atoms with E-state index in [1.165, 1.54) is 244 Å². The molecule has 1 fully saturated rings. The molecule has 0 bridgehead atoms. The fourth-order valence-electron chi connectivity index (χ4n) is 9.94. The van der Waals surface area contributed by atoms with E-state index in [9.17, 15) is 30.3 Å². The summed E-state index contributed by atoms with van der Waals surface area (Å²) < 4.78 is 11.3. The zero-order valence-electron chi connectivity index (χ0n) is 46.0. The molecule has 6 N–H and O–H groups in total. The molecule has 0 aromatic rings. The third-order valence-corrected chi connectivity index (χ3v) is 14.8. The van der Waals surface area contributed by atoms with Crippen LogP contribution in [0.15, 0.2) is 24.3 Å². The molecule has 1 aliphatic rings. The summed E-state index contributed by atoms with van der Waals surface area (Å²) in [6.45, 7) is 3.80. The molecule has 9 heteroatoms. The molecule has 414 valence electrons. The van der Waals surface area contributed by atoms with Gasteiger partial charge in [-0.2, -0.15) is 0 Å². The molecule has 0 spiro atoms. The van der Waals surface area contributed by atoms with Crippen LogP contribution in [0.2, 0.25) is 0 Å². The van der Waals surface area contributed by atoms with Gasteiger partial charge in [0.1, 0.15) is 24.4 Å². The number of hydrogen-bond donors (Lipinski definition) is 6. The number of amides is 1. The molecule has 1 rings (SSSR count). The molecule has 0 aromatic carbocycles. The van der Waals surface area contributed by atoms with E-state index in [0.717, 1.165) is 38.5 Å².